The summed E-state index contributed by atoms with van der Waals surface area (Å²) < 4.78 is 0. The molecule has 1 N–H and O–H groups in total. The molecular formula is C11H12O3. The Morgan fingerprint density at radius 1 is 1.14 bits per heavy atom. The third kappa shape index (κ3) is 6.94. The van der Waals surface area contributed by atoms with Crippen molar-refractivity contribution in [1.82, 2.24) is 0 Å². The van der Waals surface area contributed by atoms with Crippen molar-refractivity contribution in [1.29, 1.82) is 0 Å². The van der Waals surface area contributed by atoms with Crippen LogP contribution >= 0.6 is 0 Å². The average Bonchev–Trinajstić information content (AvgIpc) is 2.28. The molecule has 74 valence electrons. The van der Waals surface area contributed by atoms with Crippen LogP contribution in [0.1, 0.15) is 5.56 Å². The Morgan fingerprint density at radius 2 is 1.71 bits per heavy atom. The second-order valence-electron chi connectivity index (χ2n) is 2.26. The fraction of sp³-hybridized carbons (Fsp3) is 0.0909. The largest absolute Gasteiger partial charge is 0.389 e. The first kappa shape index (κ1) is 12.3. The van der Waals surface area contributed by atoms with Crippen LogP contribution in [0.2, 0.25) is 0 Å². The predicted octanol–water partition coefficient (Wildman–Crippen LogP) is 1.08. The van der Waals surface area contributed by atoms with Gasteiger partial charge in [-0.3, -0.25) is 4.79 Å². The summed E-state index contributed by atoms with van der Waals surface area (Å²) in [5, 5.41) is 7.51. The van der Waals surface area contributed by atoms with Gasteiger partial charge in [0, 0.05) is 0 Å². The first-order valence-electron chi connectivity index (χ1n) is 4.06. The number of carbonyl (C=O) groups is 2. The molecule has 1 aromatic rings. The molecule has 0 aliphatic heterocycles. The summed E-state index contributed by atoms with van der Waals surface area (Å²) in [4.78, 5) is 18.8. The molecule has 1 aromatic carbocycles. The Labute approximate surface area is 82.7 Å². The maximum Gasteiger partial charge on any atom is 0.145 e. The molecule has 0 aliphatic rings. The number of hydrogen-bond donors (Lipinski definition) is 1. The van der Waals surface area contributed by atoms with Gasteiger partial charge in [0.15, 0.2) is 0 Å². The summed E-state index contributed by atoms with van der Waals surface area (Å²) in [5.74, 6) is 0. The van der Waals surface area contributed by atoms with Crippen LogP contribution in [0.5, 0.6) is 0 Å². The van der Waals surface area contributed by atoms with Crippen LogP contribution in [0.15, 0.2) is 36.4 Å². The van der Waals surface area contributed by atoms with Crippen LogP contribution in [0, 0.1) is 0 Å². The highest BCUT2D eigenvalue weighted by molar-refractivity contribution is 5.73. The molecule has 3 nitrogen and oxygen atoms in total. The summed E-state index contributed by atoms with van der Waals surface area (Å²) in [6.07, 6.45) is 4.45. The first-order valence-corrected chi connectivity index (χ1v) is 4.06. The highest BCUT2D eigenvalue weighted by Gasteiger charge is 1.79. The van der Waals surface area contributed by atoms with Crippen molar-refractivity contribution in [2.24, 2.45) is 0 Å². The predicted molar refractivity (Wildman–Crippen MR) is 54.7 cm³/mol. The quantitative estimate of drug-likeness (QED) is 0.575. The molecule has 0 saturated heterocycles. The number of hydrogen-bond acceptors (Lipinski definition) is 3. The van der Waals surface area contributed by atoms with Crippen molar-refractivity contribution in [2.75, 3.05) is 6.61 Å². The van der Waals surface area contributed by atoms with E-state index in [1.54, 1.807) is 6.08 Å². The van der Waals surface area contributed by atoms with E-state index in [9.17, 15) is 4.79 Å². The van der Waals surface area contributed by atoms with E-state index in [1.165, 1.54) is 6.08 Å². The van der Waals surface area contributed by atoms with Crippen LogP contribution in [0.25, 0.3) is 6.08 Å². The van der Waals surface area contributed by atoms with E-state index in [1.807, 2.05) is 30.3 Å². The Kier molecular flexibility index (Phi) is 8.19. The van der Waals surface area contributed by atoms with E-state index < -0.39 is 0 Å². The van der Waals surface area contributed by atoms with Crippen molar-refractivity contribution in [3.8, 4) is 0 Å². The van der Waals surface area contributed by atoms with Crippen molar-refractivity contribution in [3.63, 3.8) is 0 Å². The van der Waals surface area contributed by atoms with Gasteiger partial charge in [-0.2, -0.15) is 0 Å². The molecule has 1 rings (SSSR count). The molecule has 0 fully saturated rings. The Hall–Kier alpha value is -1.74. The lowest BCUT2D eigenvalue weighted by Gasteiger charge is -1.86. The van der Waals surface area contributed by atoms with E-state index in [2.05, 4.69) is 0 Å². The monoisotopic (exact) mass is 192 g/mol. The van der Waals surface area contributed by atoms with Gasteiger partial charge in [-0.25, -0.2) is 0 Å². The van der Waals surface area contributed by atoms with Gasteiger partial charge in [-0.05, 0) is 11.6 Å². The molecule has 0 saturated carbocycles. The van der Waals surface area contributed by atoms with Crippen LogP contribution in [0.4, 0.5) is 0 Å². The number of rotatable bonds is 3. The minimum absolute atomic E-state index is 0.361. The van der Waals surface area contributed by atoms with Gasteiger partial charge >= 0.3 is 0 Å². The second-order valence-corrected chi connectivity index (χ2v) is 2.26. The van der Waals surface area contributed by atoms with Crippen LogP contribution in [-0.2, 0) is 9.59 Å². The second kappa shape index (κ2) is 9.35. The molecule has 3 heteroatoms. The molecule has 0 atom stereocenters. The van der Waals surface area contributed by atoms with Gasteiger partial charge in [0.05, 0.1) is 6.61 Å². The van der Waals surface area contributed by atoms with Crippen molar-refractivity contribution < 1.29 is 14.7 Å². The van der Waals surface area contributed by atoms with Gasteiger partial charge < -0.3 is 9.90 Å². The van der Waals surface area contributed by atoms with Gasteiger partial charge in [0.1, 0.15) is 12.6 Å². The van der Waals surface area contributed by atoms with E-state index in [4.69, 9.17) is 9.90 Å². The number of carbonyl (C=O) groups excluding carboxylic acids is 2. The molecular weight excluding hydrogens is 180 g/mol. The fourth-order valence-corrected chi connectivity index (χ4v) is 0.715. The maximum absolute atomic E-state index is 9.89. The molecule has 0 amide bonds. The van der Waals surface area contributed by atoms with Crippen molar-refractivity contribution in [3.05, 3.63) is 42.0 Å². The fourth-order valence-electron chi connectivity index (χ4n) is 0.715. The molecule has 0 heterocycles. The van der Waals surface area contributed by atoms with Gasteiger partial charge in [0.25, 0.3) is 0 Å². The topological polar surface area (TPSA) is 54.4 Å². The Bertz CT molecular complexity index is 278. The molecule has 0 aliphatic carbocycles. The van der Waals surface area contributed by atoms with E-state index in [-0.39, 0.29) is 6.61 Å². The van der Waals surface area contributed by atoms with Crippen molar-refractivity contribution in [2.45, 2.75) is 0 Å². The maximum atomic E-state index is 9.89. The van der Waals surface area contributed by atoms with Gasteiger partial charge in [-0.15, -0.1) is 0 Å². The summed E-state index contributed by atoms with van der Waals surface area (Å²) in [6, 6.07) is 9.70. The third-order valence-corrected chi connectivity index (χ3v) is 1.24. The SMILES string of the molecule is O=CC=Cc1ccccc1.O=CCO. The highest BCUT2D eigenvalue weighted by atomic mass is 16.3. The standard InChI is InChI=1S/C9H8O.C2H4O2/c10-8-4-7-9-5-2-1-3-6-9;3-1-2-4/h1-8H;1,4H,2H2. The van der Waals surface area contributed by atoms with Crippen molar-refractivity contribution >= 4 is 18.6 Å². The number of aliphatic hydroxyl groups excluding tert-OH is 1. The number of allylic oxidation sites excluding steroid dienone is 1. The highest BCUT2D eigenvalue weighted by Crippen LogP contribution is 1.99. The minimum Gasteiger partial charge on any atom is -0.389 e. The average molecular weight is 192 g/mol. The summed E-state index contributed by atoms with van der Waals surface area (Å²) >= 11 is 0. The molecule has 14 heavy (non-hydrogen) atoms. The van der Waals surface area contributed by atoms with E-state index in [0.717, 1.165) is 11.8 Å². The zero-order chi connectivity index (χ0) is 10.6. The van der Waals surface area contributed by atoms with Gasteiger partial charge in [0.2, 0.25) is 0 Å². The molecule has 0 aromatic heterocycles. The third-order valence-electron chi connectivity index (χ3n) is 1.24. The van der Waals surface area contributed by atoms with E-state index >= 15 is 0 Å². The van der Waals surface area contributed by atoms with Gasteiger partial charge in [-0.1, -0.05) is 36.4 Å². The molecule has 0 bridgehead atoms. The molecule has 0 radical (unpaired) electrons. The normalized spacial score (nSPS) is 8.93. The number of benzene rings is 1. The van der Waals surface area contributed by atoms with Crippen LogP contribution in [0.3, 0.4) is 0 Å². The lowest BCUT2D eigenvalue weighted by Crippen LogP contribution is -1.75. The summed E-state index contributed by atoms with van der Waals surface area (Å²) in [5.41, 5.74) is 1.05. The smallest absolute Gasteiger partial charge is 0.145 e. The zero-order valence-electron chi connectivity index (χ0n) is 7.67. The number of aldehydes is 2. The Morgan fingerprint density at radius 3 is 2.14 bits per heavy atom. The lowest BCUT2D eigenvalue weighted by molar-refractivity contribution is -0.110. The summed E-state index contributed by atoms with van der Waals surface area (Å²) in [7, 11) is 0. The first-order chi connectivity index (χ1) is 6.85. The molecule has 0 unspecified atom stereocenters. The Balaban J connectivity index is 0.000000364. The summed E-state index contributed by atoms with van der Waals surface area (Å²) in [6.45, 7) is -0.361. The van der Waals surface area contributed by atoms with Crippen LogP contribution < -0.4 is 0 Å². The van der Waals surface area contributed by atoms with Crippen LogP contribution in [-0.4, -0.2) is 24.3 Å². The van der Waals surface area contributed by atoms with E-state index in [0.29, 0.717) is 6.29 Å². The minimum atomic E-state index is -0.361. The molecule has 0 spiro atoms. The lowest BCUT2D eigenvalue weighted by atomic mass is 10.2. The zero-order valence-corrected chi connectivity index (χ0v) is 7.67. The number of aliphatic hydroxyl groups is 1.